The molecule has 6 heteroatoms. The second kappa shape index (κ2) is 9.05. The molecule has 0 amide bonds. The number of rotatable bonds is 7. The Kier molecular flexibility index (Phi) is 6.52. The Balaban J connectivity index is 1.61. The first-order chi connectivity index (χ1) is 12.6. The van der Waals surface area contributed by atoms with Crippen LogP contribution in [-0.4, -0.2) is 36.6 Å². The maximum atomic E-state index is 6.12. The van der Waals surface area contributed by atoms with E-state index in [0.29, 0.717) is 18.5 Å². The quantitative estimate of drug-likeness (QED) is 0.567. The summed E-state index contributed by atoms with van der Waals surface area (Å²) >= 11 is 1.79. The molecule has 1 aliphatic heterocycles. The molecule has 26 heavy (non-hydrogen) atoms. The molecule has 1 aromatic carbocycles. The molecular weight excluding hydrogens is 344 g/mol. The van der Waals surface area contributed by atoms with Crippen LogP contribution in [0.5, 0.6) is 5.75 Å². The number of nitrogens with one attached hydrogen (secondary N) is 1. The molecule has 5 nitrogen and oxygen atoms in total. The molecule has 0 radical (unpaired) electrons. The van der Waals surface area contributed by atoms with Crippen LogP contribution in [0.3, 0.4) is 0 Å². The molecule has 140 valence electrons. The zero-order valence-electron chi connectivity index (χ0n) is 15.5. The number of ether oxygens (including phenoxy) is 1. The molecule has 2 heterocycles. The average molecular weight is 373 g/mol. The SMILES string of the molecule is CC(C)Oc1ccc(NC(N)=NCC(c2cccs2)N2CCCC2)cc1. The number of nitrogens with two attached hydrogens (primary N) is 1. The van der Waals surface area contributed by atoms with Gasteiger partial charge in [0.15, 0.2) is 5.96 Å². The molecule has 0 aliphatic carbocycles. The van der Waals surface area contributed by atoms with Crippen LogP contribution < -0.4 is 15.8 Å². The Morgan fingerprint density at radius 1 is 1.23 bits per heavy atom. The van der Waals surface area contributed by atoms with Crippen molar-refractivity contribution < 1.29 is 4.74 Å². The van der Waals surface area contributed by atoms with Gasteiger partial charge in [-0.2, -0.15) is 0 Å². The topological polar surface area (TPSA) is 62.9 Å². The van der Waals surface area contributed by atoms with E-state index in [1.54, 1.807) is 11.3 Å². The van der Waals surface area contributed by atoms with Crippen molar-refractivity contribution in [1.29, 1.82) is 0 Å². The van der Waals surface area contributed by atoms with E-state index in [-0.39, 0.29) is 6.10 Å². The number of thiophene rings is 1. The van der Waals surface area contributed by atoms with Gasteiger partial charge in [-0.15, -0.1) is 11.3 Å². The largest absolute Gasteiger partial charge is 0.491 e. The normalized spacial score (nSPS) is 16.8. The van der Waals surface area contributed by atoms with Crippen molar-refractivity contribution in [3.63, 3.8) is 0 Å². The predicted octanol–water partition coefficient (Wildman–Crippen LogP) is 4.10. The minimum atomic E-state index is 0.167. The predicted molar refractivity (Wildman–Crippen MR) is 110 cm³/mol. The Morgan fingerprint density at radius 2 is 1.96 bits per heavy atom. The fourth-order valence-electron chi connectivity index (χ4n) is 3.18. The highest BCUT2D eigenvalue weighted by atomic mass is 32.1. The van der Waals surface area contributed by atoms with E-state index in [4.69, 9.17) is 10.5 Å². The lowest BCUT2D eigenvalue weighted by Crippen LogP contribution is -2.29. The Labute approximate surface area is 159 Å². The van der Waals surface area contributed by atoms with E-state index < -0.39 is 0 Å². The van der Waals surface area contributed by atoms with Crippen LogP contribution in [0.15, 0.2) is 46.8 Å². The van der Waals surface area contributed by atoms with E-state index in [0.717, 1.165) is 24.5 Å². The summed E-state index contributed by atoms with van der Waals surface area (Å²) in [5.74, 6) is 1.30. The van der Waals surface area contributed by atoms with Gasteiger partial charge in [0.1, 0.15) is 5.75 Å². The number of anilines is 1. The number of nitrogens with zero attached hydrogens (tertiary/aromatic N) is 2. The van der Waals surface area contributed by atoms with Gasteiger partial charge >= 0.3 is 0 Å². The van der Waals surface area contributed by atoms with Gasteiger partial charge in [0.05, 0.1) is 18.7 Å². The molecule has 2 aromatic rings. The Hall–Kier alpha value is -2.05. The van der Waals surface area contributed by atoms with Crippen LogP contribution in [0.2, 0.25) is 0 Å². The van der Waals surface area contributed by atoms with E-state index >= 15 is 0 Å². The van der Waals surface area contributed by atoms with Gasteiger partial charge in [-0.05, 0) is 75.5 Å². The number of benzene rings is 1. The fraction of sp³-hybridized carbons (Fsp3) is 0.450. The molecule has 1 aromatic heterocycles. The van der Waals surface area contributed by atoms with Gasteiger partial charge in [0.2, 0.25) is 0 Å². The van der Waals surface area contributed by atoms with Crippen molar-refractivity contribution in [2.24, 2.45) is 10.7 Å². The molecule has 1 atom stereocenters. The highest BCUT2D eigenvalue weighted by Crippen LogP contribution is 2.28. The zero-order chi connectivity index (χ0) is 18.4. The zero-order valence-corrected chi connectivity index (χ0v) is 16.3. The Morgan fingerprint density at radius 3 is 2.58 bits per heavy atom. The molecule has 3 rings (SSSR count). The molecule has 0 bridgehead atoms. The second-order valence-corrected chi connectivity index (χ2v) is 7.80. The first kappa shape index (κ1) is 18.7. The van der Waals surface area contributed by atoms with E-state index in [9.17, 15) is 0 Å². The number of likely N-dealkylation sites (tertiary alicyclic amines) is 1. The summed E-state index contributed by atoms with van der Waals surface area (Å²) in [6, 6.07) is 12.4. The first-order valence-corrected chi connectivity index (χ1v) is 10.1. The van der Waals surface area contributed by atoms with Crippen LogP contribution in [0, 0.1) is 0 Å². The maximum absolute atomic E-state index is 6.12. The van der Waals surface area contributed by atoms with Crippen molar-refractivity contribution in [1.82, 2.24) is 4.90 Å². The smallest absolute Gasteiger partial charge is 0.193 e. The van der Waals surface area contributed by atoms with Gasteiger partial charge < -0.3 is 15.8 Å². The van der Waals surface area contributed by atoms with Crippen LogP contribution in [0.25, 0.3) is 0 Å². The highest BCUT2D eigenvalue weighted by Gasteiger charge is 2.23. The first-order valence-electron chi connectivity index (χ1n) is 9.23. The van der Waals surface area contributed by atoms with E-state index in [1.165, 1.54) is 17.7 Å². The third-order valence-corrected chi connectivity index (χ3v) is 5.36. The number of aliphatic imine (C=N–C) groups is 1. The monoisotopic (exact) mass is 372 g/mol. The molecule has 1 saturated heterocycles. The standard InChI is InChI=1S/C20H28N4OS/c1-15(2)25-17-9-7-16(8-10-17)23-20(21)22-14-18(19-6-5-13-26-19)24-11-3-4-12-24/h5-10,13,15,18H,3-4,11-12,14H2,1-2H3,(H3,21,22,23). The highest BCUT2D eigenvalue weighted by molar-refractivity contribution is 7.10. The summed E-state index contributed by atoms with van der Waals surface area (Å²) < 4.78 is 5.66. The van der Waals surface area contributed by atoms with Crippen LogP contribution >= 0.6 is 11.3 Å². The van der Waals surface area contributed by atoms with Crippen LogP contribution in [0.4, 0.5) is 5.69 Å². The third-order valence-electron chi connectivity index (χ3n) is 4.39. The molecule has 0 saturated carbocycles. The summed E-state index contributed by atoms with van der Waals surface area (Å²) in [6.07, 6.45) is 2.70. The molecule has 1 fully saturated rings. The van der Waals surface area contributed by atoms with Crippen molar-refractivity contribution in [3.8, 4) is 5.75 Å². The lowest BCUT2D eigenvalue weighted by molar-refractivity contribution is 0.242. The lowest BCUT2D eigenvalue weighted by Gasteiger charge is -2.25. The van der Waals surface area contributed by atoms with Gasteiger partial charge in [-0.1, -0.05) is 6.07 Å². The second-order valence-electron chi connectivity index (χ2n) is 6.82. The number of guanidine groups is 1. The minimum Gasteiger partial charge on any atom is -0.491 e. The summed E-state index contributed by atoms with van der Waals surface area (Å²) in [5.41, 5.74) is 7.03. The summed E-state index contributed by atoms with van der Waals surface area (Å²) in [6.45, 7) is 6.99. The third kappa shape index (κ3) is 5.22. The van der Waals surface area contributed by atoms with Crippen molar-refractivity contribution in [2.45, 2.75) is 38.8 Å². The van der Waals surface area contributed by atoms with Crippen LogP contribution in [0.1, 0.15) is 37.6 Å². The Bertz CT molecular complexity index is 691. The molecule has 3 N–H and O–H groups in total. The van der Waals surface area contributed by atoms with Crippen LogP contribution in [-0.2, 0) is 0 Å². The fourth-order valence-corrected chi connectivity index (χ4v) is 4.03. The maximum Gasteiger partial charge on any atom is 0.193 e. The van der Waals surface area contributed by atoms with E-state index in [2.05, 4.69) is 32.7 Å². The van der Waals surface area contributed by atoms with E-state index in [1.807, 2.05) is 38.1 Å². The average Bonchev–Trinajstić information content (AvgIpc) is 3.30. The van der Waals surface area contributed by atoms with Gasteiger partial charge in [0, 0.05) is 10.6 Å². The lowest BCUT2D eigenvalue weighted by atomic mass is 10.2. The van der Waals surface area contributed by atoms with Gasteiger partial charge in [0.25, 0.3) is 0 Å². The van der Waals surface area contributed by atoms with Crippen molar-refractivity contribution >= 4 is 23.0 Å². The summed E-state index contributed by atoms with van der Waals surface area (Å²) in [7, 11) is 0. The number of hydrogen-bond donors (Lipinski definition) is 2. The minimum absolute atomic E-state index is 0.167. The summed E-state index contributed by atoms with van der Waals surface area (Å²) in [5, 5.41) is 5.30. The van der Waals surface area contributed by atoms with Gasteiger partial charge in [-0.3, -0.25) is 9.89 Å². The molecule has 0 spiro atoms. The summed E-state index contributed by atoms with van der Waals surface area (Å²) in [4.78, 5) is 8.48. The molecule has 1 unspecified atom stereocenters. The van der Waals surface area contributed by atoms with Crippen molar-refractivity contribution in [2.75, 3.05) is 25.0 Å². The molecular formula is C20H28N4OS. The van der Waals surface area contributed by atoms with Crippen molar-refractivity contribution in [3.05, 3.63) is 46.7 Å². The number of hydrogen-bond acceptors (Lipinski definition) is 4. The van der Waals surface area contributed by atoms with Gasteiger partial charge in [-0.25, -0.2) is 0 Å². The molecule has 1 aliphatic rings.